The summed E-state index contributed by atoms with van der Waals surface area (Å²) in [6.45, 7) is 1.98. The van der Waals surface area contributed by atoms with E-state index in [0.29, 0.717) is 26.6 Å². The van der Waals surface area contributed by atoms with Gasteiger partial charge in [0.15, 0.2) is 5.11 Å². The third-order valence-corrected chi connectivity index (χ3v) is 3.53. The molecule has 0 spiro atoms. The predicted octanol–water partition coefficient (Wildman–Crippen LogP) is 5.12. The van der Waals surface area contributed by atoms with Gasteiger partial charge in [0.1, 0.15) is 5.75 Å². The van der Waals surface area contributed by atoms with E-state index in [4.69, 9.17) is 40.2 Å². The number of hydrogen-bond acceptors (Lipinski definition) is 2. The van der Waals surface area contributed by atoms with E-state index in [1.807, 2.05) is 25.1 Å². The Balaban J connectivity index is 2.13. The van der Waals surface area contributed by atoms with Crippen LogP contribution in [-0.4, -0.2) is 12.2 Å². The number of hydrogen-bond donors (Lipinski definition) is 2. The first kappa shape index (κ1) is 15.9. The molecule has 2 N–H and O–H groups in total. The fraction of sp³-hybridized carbons (Fsp3) is 0.133. The zero-order valence-corrected chi connectivity index (χ0v) is 13.9. The second-order valence-electron chi connectivity index (χ2n) is 4.41. The van der Waals surface area contributed by atoms with E-state index in [1.165, 1.54) is 0 Å². The zero-order chi connectivity index (χ0) is 15.4. The van der Waals surface area contributed by atoms with Gasteiger partial charge >= 0.3 is 0 Å². The number of ether oxygens (including phenoxy) is 1. The van der Waals surface area contributed by atoms with Crippen molar-refractivity contribution in [3.63, 3.8) is 0 Å². The van der Waals surface area contributed by atoms with Crippen LogP contribution in [-0.2, 0) is 0 Å². The number of aryl methyl sites for hydroxylation is 1. The van der Waals surface area contributed by atoms with Crippen LogP contribution in [0.3, 0.4) is 0 Å². The molecule has 0 saturated heterocycles. The summed E-state index contributed by atoms with van der Waals surface area (Å²) in [7, 11) is 1.59. The van der Waals surface area contributed by atoms with Crippen molar-refractivity contribution in [2.45, 2.75) is 6.92 Å². The highest BCUT2D eigenvalue weighted by Crippen LogP contribution is 2.28. The number of thiocarbonyl (C=S) groups is 1. The van der Waals surface area contributed by atoms with Gasteiger partial charge in [0.05, 0.1) is 23.5 Å². The van der Waals surface area contributed by atoms with Crippen molar-refractivity contribution < 1.29 is 4.74 Å². The first-order valence-electron chi connectivity index (χ1n) is 6.17. The van der Waals surface area contributed by atoms with Gasteiger partial charge in [-0.15, -0.1) is 0 Å². The standard InChI is InChI=1S/C15H14Cl2N2OS/c1-9-3-5-12(11(17)7-9)18-15(21)19-13-8-10(16)4-6-14(13)20-2/h3-8H,1-2H3,(H2,18,19,21). The van der Waals surface area contributed by atoms with Gasteiger partial charge in [-0.1, -0.05) is 29.3 Å². The van der Waals surface area contributed by atoms with Gasteiger partial charge in [-0.3, -0.25) is 0 Å². The average molecular weight is 341 g/mol. The topological polar surface area (TPSA) is 33.3 Å². The largest absolute Gasteiger partial charge is 0.495 e. The van der Waals surface area contributed by atoms with Crippen molar-refractivity contribution in [1.29, 1.82) is 0 Å². The minimum Gasteiger partial charge on any atom is -0.495 e. The van der Waals surface area contributed by atoms with Gasteiger partial charge in [-0.05, 0) is 55.0 Å². The molecule has 0 atom stereocenters. The van der Waals surface area contributed by atoms with Crippen LogP contribution in [0.5, 0.6) is 5.75 Å². The molecule has 0 aromatic heterocycles. The van der Waals surface area contributed by atoms with Crippen LogP contribution in [0.25, 0.3) is 0 Å². The Hall–Kier alpha value is -1.49. The minimum absolute atomic E-state index is 0.404. The molecule has 0 fully saturated rings. The van der Waals surface area contributed by atoms with Crippen LogP contribution < -0.4 is 15.4 Å². The van der Waals surface area contributed by atoms with Crippen molar-refractivity contribution >= 4 is 51.9 Å². The lowest BCUT2D eigenvalue weighted by Gasteiger charge is -2.14. The van der Waals surface area contributed by atoms with Crippen molar-refractivity contribution in [2.75, 3.05) is 17.7 Å². The van der Waals surface area contributed by atoms with Crippen LogP contribution in [0.1, 0.15) is 5.56 Å². The number of halogens is 2. The molecule has 0 bridgehead atoms. The van der Waals surface area contributed by atoms with Gasteiger partial charge in [0.2, 0.25) is 0 Å². The summed E-state index contributed by atoms with van der Waals surface area (Å²) in [4.78, 5) is 0. The number of rotatable bonds is 3. The molecule has 0 aliphatic carbocycles. The molecule has 6 heteroatoms. The Kier molecular flexibility index (Phi) is 5.28. The fourth-order valence-electron chi connectivity index (χ4n) is 1.78. The Labute approximate surface area is 139 Å². The van der Waals surface area contributed by atoms with Crippen LogP contribution in [0.15, 0.2) is 36.4 Å². The van der Waals surface area contributed by atoms with Gasteiger partial charge in [0.25, 0.3) is 0 Å². The lowest BCUT2D eigenvalue weighted by molar-refractivity contribution is 0.417. The summed E-state index contributed by atoms with van der Waals surface area (Å²) >= 11 is 17.4. The van der Waals surface area contributed by atoms with E-state index in [2.05, 4.69) is 10.6 Å². The molecule has 0 aliphatic heterocycles. The monoisotopic (exact) mass is 340 g/mol. The predicted molar refractivity (Wildman–Crippen MR) is 94.0 cm³/mol. The first-order valence-corrected chi connectivity index (χ1v) is 7.33. The molecule has 0 saturated carbocycles. The fourth-order valence-corrected chi connectivity index (χ4v) is 2.45. The lowest BCUT2D eigenvalue weighted by atomic mass is 10.2. The van der Waals surface area contributed by atoms with E-state index in [-0.39, 0.29) is 0 Å². The van der Waals surface area contributed by atoms with E-state index < -0.39 is 0 Å². The van der Waals surface area contributed by atoms with Crippen molar-refractivity contribution in [3.8, 4) is 5.75 Å². The van der Waals surface area contributed by atoms with E-state index >= 15 is 0 Å². The van der Waals surface area contributed by atoms with Crippen LogP contribution >= 0.6 is 35.4 Å². The molecular formula is C15H14Cl2N2OS. The highest BCUT2D eigenvalue weighted by Gasteiger charge is 2.07. The first-order chi connectivity index (χ1) is 9.99. The molecule has 2 aromatic carbocycles. The second-order valence-corrected chi connectivity index (χ2v) is 5.66. The van der Waals surface area contributed by atoms with E-state index in [9.17, 15) is 0 Å². The maximum atomic E-state index is 6.16. The third-order valence-electron chi connectivity index (χ3n) is 2.78. The molecular weight excluding hydrogens is 327 g/mol. The Bertz CT molecular complexity index is 677. The molecule has 0 aliphatic rings. The normalized spacial score (nSPS) is 10.1. The summed E-state index contributed by atoms with van der Waals surface area (Å²) in [5.41, 5.74) is 2.51. The molecule has 0 radical (unpaired) electrons. The number of nitrogens with one attached hydrogen (secondary N) is 2. The molecule has 0 amide bonds. The van der Waals surface area contributed by atoms with Gasteiger partial charge in [-0.25, -0.2) is 0 Å². The van der Waals surface area contributed by atoms with E-state index in [0.717, 1.165) is 11.3 Å². The number of benzene rings is 2. The molecule has 110 valence electrons. The summed E-state index contributed by atoms with van der Waals surface area (Å²) in [5, 5.41) is 7.70. The summed E-state index contributed by atoms with van der Waals surface area (Å²) in [6, 6.07) is 11.0. The average Bonchev–Trinajstić information content (AvgIpc) is 2.42. The summed E-state index contributed by atoms with van der Waals surface area (Å²) < 4.78 is 5.26. The lowest BCUT2D eigenvalue weighted by Crippen LogP contribution is -2.19. The smallest absolute Gasteiger partial charge is 0.175 e. The van der Waals surface area contributed by atoms with Gasteiger partial charge in [0, 0.05) is 5.02 Å². The Morgan fingerprint density at radius 2 is 1.76 bits per heavy atom. The second kappa shape index (κ2) is 6.98. The Morgan fingerprint density at radius 3 is 2.43 bits per heavy atom. The summed E-state index contributed by atoms with van der Waals surface area (Å²) in [5.74, 6) is 0.651. The van der Waals surface area contributed by atoms with Gasteiger partial charge in [-0.2, -0.15) is 0 Å². The van der Waals surface area contributed by atoms with Gasteiger partial charge < -0.3 is 15.4 Å². The highest BCUT2D eigenvalue weighted by atomic mass is 35.5. The molecule has 2 rings (SSSR count). The molecule has 0 unspecified atom stereocenters. The molecule has 2 aromatic rings. The van der Waals surface area contributed by atoms with Crippen molar-refractivity contribution in [3.05, 3.63) is 52.0 Å². The molecule has 21 heavy (non-hydrogen) atoms. The maximum Gasteiger partial charge on any atom is 0.175 e. The Morgan fingerprint density at radius 1 is 1.05 bits per heavy atom. The minimum atomic E-state index is 0.404. The third kappa shape index (κ3) is 4.24. The maximum absolute atomic E-state index is 6.16. The van der Waals surface area contributed by atoms with Crippen molar-refractivity contribution in [1.82, 2.24) is 0 Å². The molecule has 3 nitrogen and oxygen atoms in total. The van der Waals surface area contributed by atoms with Crippen LogP contribution in [0.4, 0.5) is 11.4 Å². The van der Waals surface area contributed by atoms with Crippen molar-refractivity contribution in [2.24, 2.45) is 0 Å². The number of anilines is 2. The number of methoxy groups -OCH3 is 1. The van der Waals surface area contributed by atoms with E-state index in [1.54, 1.807) is 25.3 Å². The SMILES string of the molecule is COc1ccc(Cl)cc1NC(=S)Nc1ccc(C)cc1Cl. The van der Waals surface area contributed by atoms with Crippen LogP contribution in [0, 0.1) is 6.92 Å². The highest BCUT2D eigenvalue weighted by molar-refractivity contribution is 7.80. The van der Waals surface area contributed by atoms with Crippen LogP contribution in [0.2, 0.25) is 10.0 Å². The molecule has 0 heterocycles. The quantitative estimate of drug-likeness (QED) is 0.759. The summed E-state index contributed by atoms with van der Waals surface area (Å²) in [6.07, 6.45) is 0. The zero-order valence-electron chi connectivity index (χ0n) is 11.5.